The van der Waals surface area contributed by atoms with Gasteiger partial charge in [0.05, 0.1) is 6.20 Å². The van der Waals surface area contributed by atoms with Gasteiger partial charge in [-0.25, -0.2) is 4.39 Å². The molecule has 1 rings (SSSR count). The number of pyridine rings is 1. The molecule has 50 valence electrons. The SMILES string of the molecule is Cc1cc(F)cn[c]1[Mg][Br]. The highest BCUT2D eigenvalue weighted by molar-refractivity contribution is 9.23. The lowest BCUT2D eigenvalue weighted by molar-refractivity contribution is 0.621. The molecule has 0 N–H and O–H groups in total. The Balaban J connectivity index is 3.07. The van der Waals surface area contributed by atoms with Crippen LogP contribution in [0.2, 0.25) is 0 Å². The van der Waals surface area contributed by atoms with Crippen molar-refractivity contribution in [2.45, 2.75) is 6.92 Å². The van der Waals surface area contributed by atoms with Gasteiger partial charge >= 0.3 is 18.2 Å². The molecule has 0 spiro atoms. The highest BCUT2D eigenvalue weighted by atomic mass is 79.9. The van der Waals surface area contributed by atoms with Crippen LogP contribution in [0.4, 0.5) is 4.39 Å². The Morgan fingerprint density at radius 1 is 1.70 bits per heavy atom. The molecule has 4 heteroatoms. The molecule has 1 aromatic rings. The summed E-state index contributed by atoms with van der Waals surface area (Å²) in [5.41, 5.74) is 0.948. The quantitative estimate of drug-likeness (QED) is 0.640. The normalized spacial score (nSPS) is 9.10. The summed E-state index contributed by atoms with van der Waals surface area (Å²) in [6.45, 7) is 1.87. The van der Waals surface area contributed by atoms with Crippen molar-refractivity contribution < 1.29 is 4.39 Å². The lowest BCUT2D eigenvalue weighted by Crippen LogP contribution is -2.17. The van der Waals surface area contributed by atoms with E-state index < -0.39 is 18.2 Å². The first-order chi connectivity index (χ1) is 4.74. The van der Waals surface area contributed by atoms with E-state index in [0.717, 1.165) is 9.39 Å². The maximum atomic E-state index is 12.4. The number of rotatable bonds is 1. The molecule has 0 aliphatic heterocycles. The van der Waals surface area contributed by atoms with Crippen molar-refractivity contribution >= 4 is 34.9 Å². The topological polar surface area (TPSA) is 12.9 Å². The lowest BCUT2D eigenvalue weighted by Gasteiger charge is -1.98. The van der Waals surface area contributed by atoms with Gasteiger partial charge in [-0.05, 0) is 13.0 Å². The van der Waals surface area contributed by atoms with Gasteiger partial charge in [-0.1, -0.05) is 9.39 Å². The minimum atomic E-state index is -0.419. The van der Waals surface area contributed by atoms with E-state index in [1.54, 1.807) is 0 Å². The van der Waals surface area contributed by atoms with E-state index in [9.17, 15) is 4.39 Å². The molecule has 0 amide bonds. The zero-order valence-electron chi connectivity index (χ0n) is 5.56. The first-order valence-corrected chi connectivity index (χ1v) is 7.51. The lowest BCUT2D eigenvalue weighted by atomic mass is 10.3. The molecule has 0 atom stereocenters. The van der Waals surface area contributed by atoms with Gasteiger partial charge in [-0.3, -0.25) is 17.9 Å². The summed E-state index contributed by atoms with van der Waals surface area (Å²) in [6, 6.07) is 1.51. The van der Waals surface area contributed by atoms with Gasteiger partial charge in [0.1, 0.15) is 5.82 Å². The van der Waals surface area contributed by atoms with Crippen LogP contribution < -0.4 is 3.82 Å². The Labute approximate surface area is 74.6 Å². The maximum absolute atomic E-state index is 12.4. The van der Waals surface area contributed by atoms with Crippen molar-refractivity contribution in [3.8, 4) is 0 Å². The van der Waals surface area contributed by atoms with Gasteiger partial charge in [0.2, 0.25) is 0 Å². The molecule has 1 aromatic heterocycles. The molecule has 10 heavy (non-hydrogen) atoms. The first kappa shape index (κ1) is 8.42. The number of aryl methyl sites for hydroxylation is 1. The number of halogens is 2. The monoisotopic (exact) mass is 213 g/mol. The molecular weight excluding hydrogens is 209 g/mol. The van der Waals surface area contributed by atoms with Crippen molar-refractivity contribution in [1.82, 2.24) is 4.98 Å². The Hall–Kier alpha value is 0.326. The molecule has 0 aromatic carbocycles. The number of hydrogen-bond donors (Lipinski definition) is 0. The summed E-state index contributed by atoms with van der Waals surface area (Å²) < 4.78 is 13.5. The van der Waals surface area contributed by atoms with E-state index in [1.165, 1.54) is 12.3 Å². The van der Waals surface area contributed by atoms with Crippen LogP contribution >= 0.6 is 12.9 Å². The van der Waals surface area contributed by atoms with Gasteiger partial charge < -0.3 is 0 Å². The largest absolute Gasteiger partial charge is 0.536 e. The van der Waals surface area contributed by atoms with Gasteiger partial charge in [0.15, 0.2) is 0 Å². The Bertz CT molecular complexity index is 241. The molecule has 0 aliphatic carbocycles. The minimum Gasteiger partial charge on any atom is -0.293 e. The van der Waals surface area contributed by atoms with Crippen molar-refractivity contribution in [2.24, 2.45) is 0 Å². The van der Waals surface area contributed by atoms with Crippen LogP contribution in [-0.2, 0) is 0 Å². The third-order valence-electron chi connectivity index (χ3n) is 1.28. The smallest absolute Gasteiger partial charge is 0.293 e. The second-order valence-corrected chi connectivity index (χ2v) is 4.67. The van der Waals surface area contributed by atoms with Crippen molar-refractivity contribution in [2.75, 3.05) is 0 Å². The average Bonchev–Trinajstić information content (AvgIpc) is 1.88. The van der Waals surface area contributed by atoms with Crippen LogP contribution in [0.25, 0.3) is 0 Å². The molecule has 0 bridgehead atoms. The Morgan fingerprint density at radius 2 is 2.40 bits per heavy atom. The van der Waals surface area contributed by atoms with E-state index in [-0.39, 0.29) is 5.82 Å². The molecule has 0 radical (unpaired) electrons. The Kier molecular flexibility index (Phi) is 3.07. The summed E-state index contributed by atoms with van der Waals surface area (Å²) in [5.74, 6) is -0.254. The van der Waals surface area contributed by atoms with Crippen LogP contribution in [-0.4, -0.2) is 23.2 Å². The highest BCUT2D eigenvalue weighted by Crippen LogP contribution is 1.96. The van der Waals surface area contributed by atoms with E-state index >= 15 is 0 Å². The number of aromatic nitrogens is 1. The van der Waals surface area contributed by atoms with Gasteiger partial charge in [-0.2, -0.15) is 0 Å². The van der Waals surface area contributed by atoms with E-state index in [1.807, 2.05) is 6.92 Å². The zero-order chi connectivity index (χ0) is 7.56. The molecular formula is C6H5BrFMgN. The molecule has 1 nitrogen and oxygen atoms in total. The number of nitrogens with zero attached hydrogens (tertiary/aromatic N) is 1. The molecule has 0 aliphatic rings. The fourth-order valence-corrected chi connectivity index (χ4v) is 2.94. The first-order valence-electron chi connectivity index (χ1n) is 2.91. The van der Waals surface area contributed by atoms with Gasteiger partial charge in [0.25, 0.3) is 0 Å². The second-order valence-electron chi connectivity index (χ2n) is 2.05. The summed E-state index contributed by atoms with van der Waals surface area (Å²) >= 11 is 2.97. The summed E-state index contributed by atoms with van der Waals surface area (Å²) in [4.78, 5) is 3.94. The predicted molar refractivity (Wildman–Crippen MR) is 43.2 cm³/mol. The van der Waals surface area contributed by atoms with Crippen molar-refractivity contribution in [3.63, 3.8) is 0 Å². The van der Waals surface area contributed by atoms with Crippen LogP contribution in [0.3, 0.4) is 0 Å². The standard InChI is InChI=1S/C6H5FN.BrH.Mg/c1-5-2-6(7)4-8-3-5;;/h2,4H,1H3;1H;/q;;+1/p-1. The van der Waals surface area contributed by atoms with Crippen LogP contribution in [0, 0.1) is 12.7 Å². The van der Waals surface area contributed by atoms with Crippen LogP contribution in [0.15, 0.2) is 12.3 Å². The highest BCUT2D eigenvalue weighted by Gasteiger charge is 2.01. The van der Waals surface area contributed by atoms with Crippen LogP contribution in [0.5, 0.6) is 0 Å². The molecule has 0 fully saturated rings. The van der Waals surface area contributed by atoms with Crippen LogP contribution in [0.1, 0.15) is 5.56 Å². The summed E-state index contributed by atoms with van der Waals surface area (Å²) in [6.07, 6.45) is 1.26. The average molecular weight is 214 g/mol. The molecule has 0 unspecified atom stereocenters. The maximum Gasteiger partial charge on any atom is 0.536 e. The van der Waals surface area contributed by atoms with E-state index in [4.69, 9.17) is 0 Å². The molecule has 0 saturated heterocycles. The third kappa shape index (κ3) is 1.90. The summed E-state index contributed by atoms with van der Waals surface area (Å²) in [7, 11) is 0. The zero-order valence-corrected chi connectivity index (χ0v) is 8.57. The third-order valence-corrected chi connectivity index (χ3v) is 3.87. The molecule has 1 heterocycles. The minimum absolute atomic E-state index is 0.254. The second kappa shape index (κ2) is 3.64. The number of hydrogen-bond acceptors (Lipinski definition) is 1. The predicted octanol–water partition coefficient (Wildman–Crippen LogP) is 1.17. The van der Waals surface area contributed by atoms with Crippen molar-refractivity contribution in [3.05, 3.63) is 23.6 Å². The summed E-state index contributed by atoms with van der Waals surface area (Å²) in [5, 5.41) is 0. The van der Waals surface area contributed by atoms with Gasteiger partial charge in [0, 0.05) is 0 Å². The fourth-order valence-electron chi connectivity index (χ4n) is 0.709. The fraction of sp³-hybridized carbons (Fsp3) is 0.167. The van der Waals surface area contributed by atoms with E-state index in [2.05, 4.69) is 17.9 Å². The van der Waals surface area contributed by atoms with Crippen molar-refractivity contribution in [1.29, 1.82) is 0 Å². The molecule has 0 saturated carbocycles. The van der Waals surface area contributed by atoms with Gasteiger partial charge in [-0.15, -0.1) is 0 Å². The van der Waals surface area contributed by atoms with E-state index in [0.29, 0.717) is 0 Å². The Morgan fingerprint density at radius 3 is 2.90 bits per heavy atom.